The van der Waals surface area contributed by atoms with Crippen LogP contribution < -0.4 is 5.32 Å². The summed E-state index contributed by atoms with van der Waals surface area (Å²) in [5, 5.41) is 11.8. The smallest absolute Gasteiger partial charge is 0.261 e. The predicted octanol–water partition coefficient (Wildman–Crippen LogP) is 3.58. The molecule has 0 bridgehead atoms. The Balaban J connectivity index is 2.24. The van der Waals surface area contributed by atoms with Gasteiger partial charge < -0.3 is 10.4 Å². The molecule has 0 heterocycles. The van der Waals surface area contributed by atoms with Crippen LogP contribution in [0.5, 0.6) is 0 Å². The van der Waals surface area contributed by atoms with Crippen molar-refractivity contribution in [2.45, 2.75) is 20.0 Å². The molecule has 0 aromatic heterocycles. The van der Waals surface area contributed by atoms with Crippen molar-refractivity contribution < 1.29 is 18.7 Å². The van der Waals surface area contributed by atoms with Crippen LogP contribution in [0, 0.1) is 18.6 Å². The number of benzene rings is 2. The largest absolute Gasteiger partial charge is 0.389 e. The first-order chi connectivity index (χ1) is 9.90. The summed E-state index contributed by atoms with van der Waals surface area (Å²) < 4.78 is 27.5. The quantitative estimate of drug-likeness (QED) is 0.908. The second-order valence-corrected chi connectivity index (χ2v) is 4.81. The molecule has 0 aliphatic heterocycles. The number of nitrogens with one attached hydrogen (secondary N) is 1. The molecule has 0 fully saturated rings. The second kappa shape index (κ2) is 6.01. The summed E-state index contributed by atoms with van der Waals surface area (Å²) in [7, 11) is 0. The van der Waals surface area contributed by atoms with Crippen molar-refractivity contribution in [2.24, 2.45) is 0 Å². The Kier molecular flexibility index (Phi) is 4.33. The number of aliphatic hydroxyl groups is 1. The summed E-state index contributed by atoms with van der Waals surface area (Å²) in [6.45, 7) is 3.08. The number of carbonyl (C=O) groups excluding carboxylic acids is 1. The highest BCUT2D eigenvalue weighted by atomic mass is 19.1. The van der Waals surface area contributed by atoms with Crippen molar-refractivity contribution in [1.82, 2.24) is 0 Å². The maximum atomic E-state index is 13.9. The molecule has 2 aromatic carbocycles. The van der Waals surface area contributed by atoms with Gasteiger partial charge in [0.2, 0.25) is 0 Å². The molecule has 1 unspecified atom stereocenters. The number of hydrogen-bond acceptors (Lipinski definition) is 2. The molecular weight excluding hydrogens is 276 g/mol. The highest BCUT2D eigenvalue weighted by molar-refractivity contribution is 6.04. The van der Waals surface area contributed by atoms with Gasteiger partial charge in [0.25, 0.3) is 5.91 Å². The zero-order chi connectivity index (χ0) is 15.6. The van der Waals surface area contributed by atoms with E-state index >= 15 is 0 Å². The number of aryl methyl sites for hydroxylation is 1. The van der Waals surface area contributed by atoms with Gasteiger partial charge in [0.1, 0.15) is 17.2 Å². The first-order valence-corrected chi connectivity index (χ1v) is 6.44. The second-order valence-electron chi connectivity index (χ2n) is 4.81. The lowest BCUT2D eigenvalue weighted by Gasteiger charge is -2.10. The Bertz CT molecular complexity index is 667. The van der Waals surface area contributed by atoms with Crippen molar-refractivity contribution in [3.63, 3.8) is 0 Å². The summed E-state index contributed by atoms with van der Waals surface area (Å²) >= 11 is 0. The predicted molar refractivity (Wildman–Crippen MR) is 76.1 cm³/mol. The first-order valence-electron chi connectivity index (χ1n) is 6.44. The number of halogens is 2. The third-order valence-electron chi connectivity index (χ3n) is 3.16. The van der Waals surface area contributed by atoms with E-state index in [1.54, 1.807) is 31.2 Å². The van der Waals surface area contributed by atoms with Crippen LogP contribution in [0.3, 0.4) is 0 Å². The molecule has 1 amide bonds. The molecule has 0 saturated carbocycles. The molecule has 0 radical (unpaired) electrons. The van der Waals surface area contributed by atoms with Crippen molar-refractivity contribution in [3.8, 4) is 0 Å². The maximum absolute atomic E-state index is 13.9. The molecule has 1 atom stereocenters. The van der Waals surface area contributed by atoms with E-state index in [0.717, 1.165) is 6.07 Å². The minimum atomic E-state index is -0.906. The molecule has 0 spiro atoms. The van der Waals surface area contributed by atoms with Crippen LogP contribution in [0.15, 0.2) is 36.4 Å². The number of aliphatic hydroxyl groups excluding tert-OH is 1. The van der Waals surface area contributed by atoms with E-state index < -0.39 is 29.2 Å². The van der Waals surface area contributed by atoms with Crippen molar-refractivity contribution in [2.75, 3.05) is 5.32 Å². The normalized spacial score (nSPS) is 12.0. The molecule has 0 saturated heterocycles. The molecule has 110 valence electrons. The molecular formula is C16H15F2NO2. The summed E-state index contributed by atoms with van der Waals surface area (Å²) in [6.07, 6.45) is -0.624. The molecule has 3 nitrogen and oxygen atoms in total. The van der Waals surface area contributed by atoms with Crippen LogP contribution in [0.4, 0.5) is 14.5 Å². The maximum Gasteiger partial charge on any atom is 0.261 e. The Hall–Kier alpha value is -2.27. The van der Waals surface area contributed by atoms with Gasteiger partial charge in [-0.25, -0.2) is 8.78 Å². The topological polar surface area (TPSA) is 49.3 Å². The van der Waals surface area contributed by atoms with Gasteiger partial charge in [-0.15, -0.1) is 0 Å². The van der Waals surface area contributed by atoms with Gasteiger partial charge in [-0.1, -0.05) is 18.2 Å². The van der Waals surface area contributed by atoms with Crippen LogP contribution in [0.25, 0.3) is 0 Å². The lowest BCUT2D eigenvalue weighted by molar-refractivity contribution is 0.101. The van der Waals surface area contributed by atoms with E-state index in [1.165, 1.54) is 13.0 Å². The lowest BCUT2D eigenvalue weighted by Crippen LogP contribution is -2.16. The van der Waals surface area contributed by atoms with Gasteiger partial charge >= 0.3 is 0 Å². The van der Waals surface area contributed by atoms with Crippen LogP contribution in [-0.2, 0) is 0 Å². The summed E-state index contributed by atoms with van der Waals surface area (Å²) in [4.78, 5) is 12.0. The SMILES string of the molecule is Cc1ccc(F)c(C(=O)Nc2ccc(C(C)O)cc2)c1F. The van der Waals surface area contributed by atoms with Gasteiger partial charge in [-0.05, 0) is 43.2 Å². The zero-order valence-corrected chi connectivity index (χ0v) is 11.7. The Morgan fingerprint density at radius 1 is 1.14 bits per heavy atom. The number of rotatable bonds is 3. The number of carbonyl (C=O) groups is 1. The van der Waals surface area contributed by atoms with Crippen LogP contribution in [0.2, 0.25) is 0 Å². The highest BCUT2D eigenvalue weighted by Crippen LogP contribution is 2.20. The van der Waals surface area contributed by atoms with E-state index in [1.807, 2.05) is 0 Å². The third-order valence-corrected chi connectivity index (χ3v) is 3.16. The van der Waals surface area contributed by atoms with Gasteiger partial charge in [0.15, 0.2) is 0 Å². The summed E-state index contributed by atoms with van der Waals surface area (Å²) in [5.74, 6) is -2.62. The fourth-order valence-corrected chi connectivity index (χ4v) is 1.90. The van der Waals surface area contributed by atoms with Crippen LogP contribution in [-0.4, -0.2) is 11.0 Å². The van der Waals surface area contributed by atoms with E-state index in [4.69, 9.17) is 0 Å². The Labute approximate surface area is 121 Å². The van der Waals surface area contributed by atoms with Crippen LogP contribution in [0.1, 0.15) is 34.5 Å². The fraction of sp³-hybridized carbons (Fsp3) is 0.188. The van der Waals surface area contributed by atoms with Crippen molar-refractivity contribution in [3.05, 3.63) is 64.7 Å². The van der Waals surface area contributed by atoms with Gasteiger partial charge in [0.05, 0.1) is 6.10 Å². The average Bonchev–Trinajstić information content (AvgIpc) is 2.44. The van der Waals surface area contributed by atoms with E-state index in [9.17, 15) is 18.7 Å². The van der Waals surface area contributed by atoms with Crippen molar-refractivity contribution >= 4 is 11.6 Å². The lowest BCUT2D eigenvalue weighted by atomic mass is 10.1. The zero-order valence-electron chi connectivity index (χ0n) is 11.7. The molecule has 2 aromatic rings. The van der Waals surface area contributed by atoms with Gasteiger partial charge in [-0.2, -0.15) is 0 Å². The number of amides is 1. The standard InChI is InChI=1S/C16H15F2NO2/c1-9-3-8-13(17)14(15(9)18)16(21)19-12-6-4-11(5-7-12)10(2)20/h3-8,10,20H,1-2H3,(H,19,21). The van der Waals surface area contributed by atoms with Crippen LogP contribution >= 0.6 is 0 Å². The van der Waals surface area contributed by atoms with Gasteiger partial charge in [0, 0.05) is 5.69 Å². The third kappa shape index (κ3) is 3.25. The average molecular weight is 291 g/mol. The summed E-state index contributed by atoms with van der Waals surface area (Å²) in [6, 6.07) is 8.71. The monoisotopic (exact) mass is 291 g/mol. The molecule has 0 aliphatic rings. The van der Waals surface area contributed by atoms with E-state index in [0.29, 0.717) is 11.3 Å². The minimum Gasteiger partial charge on any atom is -0.389 e. The molecule has 2 rings (SSSR count). The van der Waals surface area contributed by atoms with E-state index in [-0.39, 0.29) is 5.56 Å². The minimum absolute atomic E-state index is 0.200. The Morgan fingerprint density at radius 2 is 1.76 bits per heavy atom. The van der Waals surface area contributed by atoms with Gasteiger partial charge in [-0.3, -0.25) is 4.79 Å². The van der Waals surface area contributed by atoms with Crippen molar-refractivity contribution in [1.29, 1.82) is 0 Å². The van der Waals surface area contributed by atoms with E-state index in [2.05, 4.69) is 5.32 Å². The molecule has 0 aliphatic carbocycles. The summed E-state index contributed by atoms with van der Waals surface area (Å²) in [5.41, 5.74) is 0.672. The number of anilines is 1. The highest BCUT2D eigenvalue weighted by Gasteiger charge is 2.19. The Morgan fingerprint density at radius 3 is 2.33 bits per heavy atom. The molecule has 5 heteroatoms. The number of hydrogen-bond donors (Lipinski definition) is 2. The molecule has 2 N–H and O–H groups in total. The first kappa shape index (κ1) is 15.1. The fourth-order valence-electron chi connectivity index (χ4n) is 1.90. The molecule has 21 heavy (non-hydrogen) atoms.